The maximum absolute atomic E-state index is 13.1. The van der Waals surface area contributed by atoms with E-state index in [1.165, 1.54) is 0 Å². The lowest BCUT2D eigenvalue weighted by Crippen LogP contribution is -2.49. The lowest BCUT2D eigenvalue weighted by molar-refractivity contribution is -0.149. The summed E-state index contributed by atoms with van der Waals surface area (Å²) in [6.07, 6.45) is 2.36. The number of aliphatic hydroxyl groups is 1. The van der Waals surface area contributed by atoms with Gasteiger partial charge in [0.25, 0.3) is 5.91 Å². The largest absolute Gasteiger partial charge is 0.393 e. The van der Waals surface area contributed by atoms with Crippen LogP contribution in [0.3, 0.4) is 0 Å². The van der Waals surface area contributed by atoms with Crippen molar-refractivity contribution >= 4 is 35.0 Å². The molecule has 0 unspecified atom stereocenters. The van der Waals surface area contributed by atoms with Crippen molar-refractivity contribution in [2.75, 3.05) is 45.9 Å². The van der Waals surface area contributed by atoms with Gasteiger partial charge in [0.2, 0.25) is 5.91 Å². The summed E-state index contributed by atoms with van der Waals surface area (Å²) in [6, 6.07) is 11.2. The number of carbonyl (C=O) groups excluding carboxylic acids is 2. The number of rotatable bonds is 5. The minimum atomic E-state index is -0.271. The Bertz CT molecular complexity index is 1090. The molecule has 0 aliphatic carbocycles. The second kappa shape index (κ2) is 11.1. The molecule has 3 heterocycles. The smallest absolute Gasteiger partial charge is 0.254 e. The zero-order valence-corrected chi connectivity index (χ0v) is 21.7. The van der Waals surface area contributed by atoms with Gasteiger partial charge in [-0.05, 0) is 66.6 Å². The standard InChI is InChI=1S/C27H31Cl2N3O4/c28-24-16-21(18-1-3-19(4-2-18)26(34)30-11-13-36-14-12-30)17-25(29)23(24)15-20-5-10-32(27(20)35)31-8-6-22(33)7-9-31/h1-4,16-17,20,22,33H,5-15H2/t20-/m0/s1. The van der Waals surface area contributed by atoms with E-state index in [-0.39, 0.29) is 23.8 Å². The van der Waals surface area contributed by atoms with Crippen LogP contribution in [-0.4, -0.2) is 83.9 Å². The summed E-state index contributed by atoms with van der Waals surface area (Å²) >= 11 is 13.3. The number of amides is 2. The third kappa shape index (κ3) is 5.41. The van der Waals surface area contributed by atoms with Crippen LogP contribution in [0.25, 0.3) is 11.1 Å². The van der Waals surface area contributed by atoms with E-state index < -0.39 is 0 Å². The molecule has 36 heavy (non-hydrogen) atoms. The third-order valence-electron chi connectivity index (χ3n) is 7.43. The zero-order valence-electron chi connectivity index (χ0n) is 20.2. The molecule has 0 saturated carbocycles. The van der Waals surface area contributed by atoms with Crippen molar-refractivity contribution in [3.63, 3.8) is 0 Å². The van der Waals surface area contributed by atoms with Crippen LogP contribution in [-0.2, 0) is 16.0 Å². The zero-order chi connectivity index (χ0) is 25.2. The number of halogens is 2. The number of carbonyl (C=O) groups is 2. The Balaban J connectivity index is 1.26. The lowest BCUT2D eigenvalue weighted by Gasteiger charge is -2.36. The Labute approximate surface area is 221 Å². The van der Waals surface area contributed by atoms with Gasteiger partial charge in [0.1, 0.15) is 0 Å². The molecule has 2 aromatic carbocycles. The number of ether oxygens (including phenoxy) is 1. The molecule has 0 aromatic heterocycles. The fourth-order valence-corrected chi connectivity index (χ4v) is 5.89. The number of benzene rings is 2. The molecule has 2 amide bonds. The summed E-state index contributed by atoms with van der Waals surface area (Å²) in [4.78, 5) is 27.6. The minimum absolute atomic E-state index is 0.00673. The molecule has 5 rings (SSSR count). The van der Waals surface area contributed by atoms with E-state index in [9.17, 15) is 14.7 Å². The Hall–Kier alpha value is -2.16. The number of hydrazine groups is 1. The molecule has 7 nitrogen and oxygen atoms in total. The van der Waals surface area contributed by atoms with Gasteiger partial charge in [0.05, 0.1) is 19.3 Å². The van der Waals surface area contributed by atoms with Gasteiger partial charge in [-0.2, -0.15) is 0 Å². The first-order valence-corrected chi connectivity index (χ1v) is 13.4. The molecule has 0 radical (unpaired) electrons. The summed E-state index contributed by atoms with van der Waals surface area (Å²) in [5.41, 5.74) is 3.21. The van der Waals surface area contributed by atoms with Gasteiger partial charge in [0.15, 0.2) is 0 Å². The van der Waals surface area contributed by atoms with Gasteiger partial charge >= 0.3 is 0 Å². The predicted molar refractivity (Wildman–Crippen MR) is 139 cm³/mol. The molecule has 3 fully saturated rings. The van der Waals surface area contributed by atoms with Crippen LogP contribution in [0.5, 0.6) is 0 Å². The first kappa shape index (κ1) is 25.5. The number of piperidine rings is 1. The van der Waals surface area contributed by atoms with Crippen molar-refractivity contribution in [3.8, 4) is 11.1 Å². The number of nitrogens with zero attached hydrogens (tertiary/aromatic N) is 3. The van der Waals surface area contributed by atoms with Gasteiger partial charge in [-0.15, -0.1) is 0 Å². The fraction of sp³-hybridized carbons (Fsp3) is 0.481. The van der Waals surface area contributed by atoms with Crippen molar-refractivity contribution in [2.45, 2.75) is 31.8 Å². The van der Waals surface area contributed by atoms with Gasteiger partial charge in [-0.25, -0.2) is 5.01 Å². The molecule has 2 aromatic rings. The molecular formula is C27H31Cl2N3O4. The van der Waals surface area contributed by atoms with Gasteiger partial charge < -0.3 is 14.7 Å². The quantitative estimate of drug-likeness (QED) is 0.633. The van der Waals surface area contributed by atoms with Crippen LogP contribution in [0.15, 0.2) is 36.4 Å². The first-order chi connectivity index (χ1) is 17.4. The number of morpholine rings is 1. The van der Waals surface area contributed by atoms with E-state index in [1.807, 2.05) is 41.4 Å². The molecule has 3 aliphatic rings. The normalized spacial score (nSPS) is 21.9. The summed E-state index contributed by atoms with van der Waals surface area (Å²) in [5.74, 6) is -0.0569. The Morgan fingerprint density at radius 1 is 0.917 bits per heavy atom. The summed E-state index contributed by atoms with van der Waals surface area (Å²) in [6.45, 7) is 4.44. The van der Waals surface area contributed by atoms with Gasteiger partial charge in [-0.1, -0.05) is 35.3 Å². The van der Waals surface area contributed by atoms with Gasteiger partial charge in [0, 0.05) is 54.3 Å². The van der Waals surface area contributed by atoms with E-state index >= 15 is 0 Å². The van der Waals surface area contributed by atoms with Crippen LogP contribution in [0.4, 0.5) is 0 Å². The monoisotopic (exact) mass is 531 g/mol. The maximum atomic E-state index is 13.1. The minimum Gasteiger partial charge on any atom is -0.393 e. The maximum Gasteiger partial charge on any atom is 0.254 e. The highest BCUT2D eigenvalue weighted by atomic mass is 35.5. The van der Waals surface area contributed by atoms with Crippen LogP contribution < -0.4 is 0 Å². The second-order valence-electron chi connectivity index (χ2n) is 9.74. The van der Waals surface area contributed by atoms with Crippen LogP contribution in [0.1, 0.15) is 35.2 Å². The Morgan fingerprint density at radius 3 is 2.19 bits per heavy atom. The van der Waals surface area contributed by atoms with Crippen molar-refractivity contribution in [1.29, 1.82) is 0 Å². The highest BCUT2D eigenvalue weighted by Crippen LogP contribution is 2.36. The molecule has 3 aliphatic heterocycles. The molecule has 3 saturated heterocycles. The Morgan fingerprint density at radius 2 is 1.56 bits per heavy atom. The SMILES string of the molecule is O=C(c1ccc(-c2cc(Cl)c(C[C@@H]3CCN(N4CCC(O)CC4)C3=O)c(Cl)c2)cc1)N1CCOCC1. The van der Waals surface area contributed by atoms with Crippen molar-refractivity contribution < 1.29 is 19.4 Å². The second-order valence-corrected chi connectivity index (χ2v) is 10.6. The van der Waals surface area contributed by atoms with Crippen molar-refractivity contribution in [2.24, 2.45) is 5.92 Å². The van der Waals surface area contributed by atoms with E-state index in [1.54, 1.807) is 4.90 Å². The molecule has 0 spiro atoms. The van der Waals surface area contributed by atoms with Gasteiger partial charge in [-0.3, -0.25) is 14.6 Å². The highest BCUT2D eigenvalue weighted by molar-refractivity contribution is 6.36. The van der Waals surface area contributed by atoms with Crippen molar-refractivity contribution in [1.82, 2.24) is 14.9 Å². The average molecular weight is 532 g/mol. The molecule has 0 bridgehead atoms. The van der Waals surface area contributed by atoms with Crippen molar-refractivity contribution in [3.05, 3.63) is 57.6 Å². The third-order valence-corrected chi connectivity index (χ3v) is 8.10. The summed E-state index contributed by atoms with van der Waals surface area (Å²) in [5, 5.41) is 14.7. The molecule has 192 valence electrons. The van der Waals surface area contributed by atoms with Crippen LogP contribution >= 0.6 is 23.2 Å². The van der Waals surface area contributed by atoms with Crippen LogP contribution in [0, 0.1) is 5.92 Å². The highest BCUT2D eigenvalue weighted by Gasteiger charge is 2.37. The molecule has 9 heteroatoms. The number of hydrogen-bond donors (Lipinski definition) is 1. The topological polar surface area (TPSA) is 73.3 Å². The summed E-state index contributed by atoms with van der Waals surface area (Å²) < 4.78 is 5.33. The van der Waals surface area contributed by atoms with E-state index in [0.29, 0.717) is 80.8 Å². The summed E-state index contributed by atoms with van der Waals surface area (Å²) in [7, 11) is 0. The predicted octanol–water partition coefficient (Wildman–Crippen LogP) is 3.90. The first-order valence-electron chi connectivity index (χ1n) is 12.6. The van der Waals surface area contributed by atoms with E-state index in [4.69, 9.17) is 27.9 Å². The van der Waals surface area contributed by atoms with E-state index in [2.05, 4.69) is 5.01 Å². The van der Waals surface area contributed by atoms with Crippen LogP contribution in [0.2, 0.25) is 10.0 Å². The fourth-order valence-electron chi connectivity index (χ4n) is 5.25. The number of hydrogen-bond acceptors (Lipinski definition) is 5. The molecular weight excluding hydrogens is 501 g/mol. The lowest BCUT2D eigenvalue weighted by atomic mass is 9.95. The Kier molecular flexibility index (Phi) is 7.84. The average Bonchev–Trinajstić information content (AvgIpc) is 3.26. The molecule has 1 atom stereocenters. The number of aliphatic hydroxyl groups excluding tert-OH is 1. The van der Waals surface area contributed by atoms with E-state index in [0.717, 1.165) is 23.1 Å². The molecule has 1 N–H and O–H groups in total.